The minimum absolute atomic E-state index is 0.638. The van der Waals surface area contributed by atoms with Crippen LogP contribution in [0.3, 0.4) is 0 Å². The summed E-state index contributed by atoms with van der Waals surface area (Å²) in [6.45, 7) is 5.20. The second-order valence-electron chi connectivity index (χ2n) is 7.93. The van der Waals surface area contributed by atoms with Gasteiger partial charge < -0.3 is 14.1 Å². The van der Waals surface area contributed by atoms with Crippen LogP contribution in [0.2, 0.25) is 5.02 Å². The molecule has 32 heavy (non-hydrogen) atoms. The van der Waals surface area contributed by atoms with Crippen molar-refractivity contribution in [2.75, 3.05) is 31.2 Å². The van der Waals surface area contributed by atoms with E-state index < -0.39 is 0 Å². The number of anilines is 1. The molecule has 0 spiro atoms. The number of hydrogen-bond acceptors (Lipinski definition) is 5. The quantitative estimate of drug-likeness (QED) is 0.361. The number of furan rings is 1. The summed E-state index contributed by atoms with van der Waals surface area (Å²) in [7, 11) is 0. The molecule has 5 aromatic rings. The van der Waals surface area contributed by atoms with Gasteiger partial charge in [0.1, 0.15) is 5.82 Å². The highest BCUT2D eigenvalue weighted by Gasteiger charge is 2.20. The molecule has 6 rings (SSSR count). The summed E-state index contributed by atoms with van der Waals surface area (Å²) < 4.78 is 13.2. The first-order valence-corrected chi connectivity index (χ1v) is 11.0. The van der Waals surface area contributed by atoms with Gasteiger partial charge >= 0.3 is 0 Å². The number of aromatic nitrogens is 3. The van der Waals surface area contributed by atoms with E-state index in [4.69, 9.17) is 25.7 Å². The average molecular weight is 445 g/mol. The number of rotatable bonds is 3. The molecule has 6 nitrogen and oxygen atoms in total. The van der Waals surface area contributed by atoms with Crippen LogP contribution in [0.15, 0.2) is 65.6 Å². The molecule has 1 aliphatic rings. The number of ether oxygens (including phenoxy) is 1. The van der Waals surface area contributed by atoms with Crippen molar-refractivity contribution in [3.63, 3.8) is 0 Å². The van der Waals surface area contributed by atoms with Crippen molar-refractivity contribution in [3.05, 3.63) is 72.0 Å². The fourth-order valence-electron chi connectivity index (χ4n) is 4.54. The maximum Gasteiger partial charge on any atom is 0.111 e. The van der Waals surface area contributed by atoms with E-state index in [0.717, 1.165) is 76.6 Å². The molecule has 0 atom stereocenters. The molecule has 0 unspecified atom stereocenters. The van der Waals surface area contributed by atoms with Gasteiger partial charge in [-0.25, -0.2) is 4.98 Å². The molecule has 0 saturated carbocycles. The lowest BCUT2D eigenvalue weighted by Crippen LogP contribution is -2.36. The third kappa shape index (κ3) is 3.06. The van der Waals surface area contributed by atoms with E-state index in [0.29, 0.717) is 5.02 Å². The molecule has 4 heterocycles. The molecule has 0 bridgehead atoms. The van der Waals surface area contributed by atoms with E-state index in [1.807, 2.05) is 31.2 Å². The van der Waals surface area contributed by atoms with Crippen molar-refractivity contribution >= 4 is 39.2 Å². The zero-order valence-corrected chi connectivity index (χ0v) is 18.3. The number of fused-ring (bicyclic) bond motifs is 2. The van der Waals surface area contributed by atoms with Crippen LogP contribution >= 0.6 is 11.6 Å². The second kappa shape index (κ2) is 7.65. The molecule has 0 radical (unpaired) electrons. The molecular weight excluding hydrogens is 424 g/mol. The highest BCUT2D eigenvalue weighted by Crippen LogP contribution is 2.37. The van der Waals surface area contributed by atoms with E-state index in [-0.39, 0.29) is 0 Å². The lowest BCUT2D eigenvalue weighted by Gasteiger charge is -2.29. The summed E-state index contributed by atoms with van der Waals surface area (Å²) in [5.74, 6) is 0.899. The Bertz CT molecular complexity index is 1440. The topological polar surface area (TPSA) is 56.3 Å². The van der Waals surface area contributed by atoms with Gasteiger partial charge in [0.15, 0.2) is 0 Å². The van der Waals surface area contributed by atoms with Crippen LogP contribution in [0.5, 0.6) is 0 Å². The normalized spacial score (nSPS) is 14.5. The fraction of sp³-hybridized carbons (Fsp3) is 0.200. The largest absolute Gasteiger partial charge is 0.472 e. The Balaban J connectivity index is 1.66. The van der Waals surface area contributed by atoms with Gasteiger partial charge in [0.25, 0.3) is 0 Å². The van der Waals surface area contributed by atoms with Gasteiger partial charge in [-0.1, -0.05) is 23.7 Å². The van der Waals surface area contributed by atoms with Gasteiger partial charge in [0.2, 0.25) is 0 Å². The summed E-state index contributed by atoms with van der Waals surface area (Å²) in [6.07, 6.45) is 5.27. The molecule has 1 fully saturated rings. The zero-order chi connectivity index (χ0) is 21.7. The Morgan fingerprint density at radius 2 is 1.91 bits per heavy atom. The Hall–Kier alpha value is -3.35. The highest BCUT2D eigenvalue weighted by atomic mass is 35.5. The van der Waals surface area contributed by atoms with Crippen LogP contribution < -0.4 is 4.90 Å². The standard InChI is InChI=1S/C25H21ClN4O2/c1-16-28-25-20(17-6-10-32-15-17)13-18(29-8-11-31-12-9-29)14-23(25)30(16)22-5-7-27-24-19(22)3-2-4-21(24)26/h2-7,10,13-15H,8-9,11-12H2,1H3. The lowest BCUT2D eigenvalue weighted by molar-refractivity contribution is 0.122. The number of halogens is 1. The molecular formula is C25H21ClN4O2. The third-order valence-electron chi connectivity index (χ3n) is 6.06. The maximum atomic E-state index is 6.45. The molecule has 0 amide bonds. The maximum absolute atomic E-state index is 6.45. The van der Waals surface area contributed by atoms with Crippen LogP contribution in [0.4, 0.5) is 5.69 Å². The van der Waals surface area contributed by atoms with E-state index in [9.17, 15) is 0 Å². The predicted molar refractivity (Wildman–Crippen MR) is 127 cm³/mol. The summed E-state index contributed by atoms with van der Waals surface area (Å²) in [5, 5.41) is 1.63. The predicted octanol–water partition coefficient (Wildman–Crippen LogP) is 5.63. The van der Waals surface area contributed by atoms with Crippen molar-refractivity contribution in [2.24, 2.45) is 0 Å². The Morgan fingerprint density at radius 1 is 1.03 bits per heavy atom. The summed E-state index contributed by atoms with van der Waals surface area (Å²) >= 11 is 6.45. The third-order valence-corrected chi connectivity index (χ3v) is 6.37. The summed E-state index contributed by atoms with van der Waals surface area (Å²) in [4.78, 5) is 11.9. The molecule has 7 heteroatoms. The molecule has 0 N–H and O–H groups in total. The van der Waals surface area contributed by atoms with Gasteiger partial charge in [0, 0.05) is 41.5 Å². The zero-order valence-electron chi connectivity index (χ0n) is 17.6. The first-order chi connectivity index (χ1) is 15.7. The minimum Gasteiger partial charge on any atom is -0.472 e. The highest BCUT2D eigenvalue weighted by molar-refractivity contribution is 6.35. The van der Waals surface area contributed by atoms with Gasteiger partial charge in [-0.3, -0.25) is 9.55 Å². The average Bonchev–Trinajstić information content (AvgIpc) is 3.47. The Labute approximate surface area is 190 Å². The molecule has 1 aliphatic heterocycles. The summed E-state index contributed by atoms with van der Waals surface area (Å²) in [6, 6.07) is 14.3. The van der Waals surface area contributed by atoms with Crippen LogP contribution in [-0.2, 0) is 4.74 Å². The number of morpholine rings is 1. The molecule has 2 aromatic carbocycles. The van der Waals surface area contributed by atoms with Crippen molar-refractivity contribution < 1.29 is 9.15 Å². The van der Waals surface area contributed by atoms with Crippen LogP contribution in [-0.4, -0.2) is 40.8 Å². The second-order valence-corrected chi connectivity index (χ2v) is 8.34. The van der Waals surface area contributed by atoms with Crippen molar-refractivity contribution in [1.29, 1.82) is 0 Å². The monoisotopic (exact) mass is 444 g/mol. The van der Waals surface area contributed by atoms with Gasteiger partial charge in [-0.15, -0.1) is 0 Å². The Morgan fingerprint density at radius 3 is 2.72 bits per heavy atom. The van der Waals surface area contributed by atoms with Gasteiger partial charge in [-0.05, 0) is 37.3 Å². The van der Waals surface area contributed by atoms with E-state index in [1.165, 1.54) is 0 Å². The number of hydrogen-bond donors (Lipinski definition) is 0. The van der Waals surface area contributed by atoms with Gasteiger partial charge in [0.05, 0.1) is 53.0 Å². The van der Waals surface area contributed by atoms with Crippen molar-refractivity contribution in [1.82, 2.24) is 14.5 Å². The fourth-order valence-corrected chi connectivity index (χ4v) is 4.77. The SMILES string of the molecule is Cc1nc2c(-c3ccoc3)cc(N3CCOCC3)cc2n1-c1ccnc2c(Cl)cccc12. The molecule has 0 aliphatic carbocycles. The van der Waals surface area contributed by atoms with E-state index >= 15 is 0 Å². The van der Waals surface area contributed by atoms with Crippen molar-refractivity contribution in [3.8, 4) is 16.8 Å². The van der Waals surface area contributed by atoms with E-state index in [1.54, 1.807) is 18.7 Å². The molecule has 1 saturated heterocycles. The van der Waals surface area contributed by atoms with Gasteiger partial charge in [-0.2, -0.15) is 0 Å². The molecule has 3 aromatic heterocycles. The first-order valence-electron chi connectivity index (χ1n) is 10.6. The number of aryl methyl sites for hydroxylation is 1. The van der Waals surface area contributed by atoms with Crippen molar-refractivity contribution in [2.45, 2.75) is 6.92 Å². The van der Waals surface area contributed by atoms with Crippen LogP contribution in [0.1, 0.15) is 5.82 Å². The van der Waals surface area contributed by atoms with Crippen LogP contribution in [0, 0.1) is 6.92 Å². The lowest BCUT2D eigenvalue weighted by atomic mass is 10.1. The number of benzene rings is 2. The molecule has 160 valence electrons. The first kappa shape index (κ1) is 19.3. The Kier molecular flexibility index (Phi) is 4.63. The smallest absolute Gasteiger partial charge is 0.111 e. The number of nitrogens with zero attached hydrogens (tertiary/aromatic N) is 4. The minimum atomic E-state index is 0.638. The number of imidazole rings is 1. The number of pyridine rings is 1. The van der Waals surface area contributed by atoms with Crippen LogP contribution in [0.25, 0.3) is 38.8 Å². The number of para-hydroxylation sites is 1. The summed E-state index contributed by atoms with van der Waals surface area (Å²) in [5.41, 5.74) is 6.98. The van der Waals surface area contributed by atoms with E-state index in [2.05, 4.69) is 32.7 Å².